The van der Waals surface area contributed by atoms with Crippen LogP contribution in [-0.2, 0) is 16.2 Å². The summed E-state index contributed by atoms with van der Waals surface area (Å²) in [6.07, 6.45) is -4.51. The summed E-state index contributed by atoms with van der Waals surface area (Å²) in [4.78, 5) is 15.9. The topological polar surface area (TPSA) is 69.7 Å². The predicted molar refractivity (Wildman–Crippen MR) is 103 cm³/mol. The minimum atomic E-state index is -4.51. The molecule has 1 amide bonds. The molecule has 11 heteroatoms. The van der Waals surface area contributed by atoms with Crippen molar-refractivity contribution in [2.75, 3.05) is 39.3 Å². The molecule has 0 radical (unpaired) electrons. The van der Waals surface area contributed by atoms with Crippen LogP contribution in [-0.4, -0.2) is 63.4 Å². The number of rotatable bonds is 6. The van der Waals surface area contributed by atoms with Gasteiger partial charge in [0.15, 0.2) is 0 Å². The minimum Gasteiger partial charge on any atom is -0.336 e. The number of amides is 1. The second-order valence-electron chi connectivity index (χ2n) is 6.57. The first-order valence-electron chi connectivity index (χ1n) is 8.87. The van der Waals surface area contributed by atoms with Gasteiger partial charge in [-0.05, 0) is 35.7 Å². The fourth-order valence-corrected chi connectivity index (χ4v) is 4.64. The van der Waals surface area contributed by atoms with Crippen LogP contribution in [0.25, 0.3) is 0 Å². The van der Waals surface area contributed by atoms with Gasteiger partial charge in [-0.25, -0.2) is 13.1 Å². The Morgan fingerprint density at radius 2 is 1.72 bits per heavy atom. The molecule has 158 valence electrons. The lowest BCUT2D eigenvalue weighted by molar-refractivity contribution is -0.137. The van der Waals surface area contributed by atoms with Crippen molar-refractivity contribution in [3.63, 3.8) is 0 Å². The normalized spacial score (nSPS) is 16.2. The number of alkyl halides is 3. The maximum Gasteiger partial charge on any atom is 0.416 e. The average molecular weight is 448 g/mol. The fraction of sp³-hybridized carbons (Fsp3) is 0.389. The monoisotopic (exact) mass is 447 g/mol. The number of sulfonamides is 1. The molecule has 3 rings (SSSR count). The van der Waals surface area contributed by atoms with Crippen molar-refractivity contribution in [3.05, 3.63) is 52.2 Å². The van der Waals surface area contributed by atoms with Gasteiger partial charge in [-0.3, -0.25) is 9.69 Å². The summed E-state index contributed by atoms with van der Waals surface area (Å²) in [5.41, 5.74) is -0.223. The van der Waals surface area contributed by atoms with Gasteiger partial charge in [0.2, 0.25) is 10.0 Å². The van der Waals surface area contributed by atoms with E-state index in [0.717, 1.165) is 24.3 Å². The predicted octanol–water partition coefficient (Wildman–Crippen LogP) is 2.50. The Balaban J connectivity index is 1.46. The van der Waals surface area contributed by atoms with E-state index in [9.17, 15) is 26.4 Å². The summed E-state index contributed by atoms with van der Waals surface area (Å²) in [5, 5.41) is 3.66. The summed E-state index contributed by atoms with van der Waals surface area (Å²) in [5.74, 6) is -0.00564. The number of halogens is 3. The van der Waals surface area contributed by atoms with E-state index in [1.807, 2.05) is 15.7 Å². The molecule has 1 saturated heterocycles. The first kappa shape index (κ1) is 21.8. The average Bonchev–Trinajstić information content (AvgIpc) is 3.22. The van der Waals surface area contributed by atoms with Gasteiger partial charge >= 0.3 is 6.18 Å². The Bertz CT molecular complexity index is 922. The molecule has 2 heterocycles. The summed E-state index contributed by atoms with van der Waals surface area (Å²) < 4.78 is 64.7. The van der Waals surface area contributed by atoms with Crippen molar-refractivity contribution < 1.29 is 26.4 Å². The summed E-state index contributed by atoms with van der Waals surface area (Å²) in [7, 11) is -3.88. The van der Waals surface area contributed by atoms with Crippen molar-refractivity contribution in [3.8, 4) is 0 Å². The van der Waals surface area contributed by atoms with Crippen molar-refractivity contribution in [1.29, 1.82) is 0 Å². The molecule has 1 aliphatic rings. The Labute approximate surface area is 171 Å². The van der Waals surface area contributed by atoms with Crippen LogP contribution in [0.2, 0.25) is 0 Å². The summed E-state index contributed by atoms with van der Waals surface area (Å²) >= 11 is 1.47. The van der Waals surface area contributed by atoms with E-state index in [-0.39, 0.29) is 17.3 Å². The zero-order valence-electron chi connectivity index (χ0n) is 15.4. The highest BCUT2D eigenvalue weighted by molar-refractivity contribution is 7.89. The van der Waals surface area contributed by atoms with E-state index < -0.39 is 21.8 Å². The number of hydrogen-bond acceptors (Lipinski definition) is 5. The van der Waals surface area contributed by atoms with Gasteiger partial charge in [-0.1, -0.05) is 0 Å². The number of hydrogen-bond donors (Lipinski definition) is 1. The lowest BCUT2D eigenvalue weighted by Crippen LogP contribution is -2.50. The molecule has 1 aromatic carbocycles. The van der Waals surface area contributed by atoms with Gasteiger partial charge in [-0.2, -0.15) is 24.5 Å². The smallest absolute Gasteiger partial charge is 0.336 e. The molecular formula is C18H20F3N3O3S2. The molecular weight excluding hydrogens is 427 g/mol. The Hall–Kier alpha value is -1.95. The van der Waals surface area contributed by atoms with E-state index >= 15 is 0 Å². The highest BCUT2D eigenvalue weighted by Gasteiger charge is 2.30. The standard InChI is InChI=1S/C18H20F3N3O3S2/c19-18(20,21)15-1-3-16(4-2-15)29(26,27)22-6-7-23-8-10-24(11-9-23)17(25)14-5-12-28-13-14/h1-5,12-13,22H,6-11H2. The van der Waals surface area contributed by atoms with Gasteiger partial charge in [0.25, 0.3) is 5.91 Å². The van der Waals surface area contributed by atoms with Gasteiger partial charge in [-0.15, -0.1) is 0 Å². The number of carbonyl (C=O) groups excluding carboxylic acids is 1. The molecule has 0 spiro atoms. The zero-order chi connectivity index (χ0) is 21.1. The first-order chi connectivity index (χ1) is 13.7. The first-order valence-corrected chi connectivity index (χ1v) is 11.3. The van der Waals surface area contributed by atoms with Crippen LogP contribution >= 0.6 is 11.3 Å². The third-order valence-electron chi connectivity index (χ3n) is 4.64. The lowest BCUT2D eigenvalue weighted by Gasteiger charge is -2.34. The summed E-state index contributed by atoms with van der Waals surface area (Å²) in [6.45, 7) is 2.93. The number of benzene rings is 1. The highest BCUT2D eigenvalue weighted by Crippen LogP contribution is 2.29. The number of thiophene rings is 1. The molecule has 2 aromatic rings. The van der Waals surface area contributed by atoms with E-state index in [4.69, 9.17) is 0 Å². The van der Waals surface area contributed by atoms with Crippen molar-refractivity contribution in [2.45, 2.75) is 11.1 Å². The van der Waals surface area contributed by atoms with Crippen LogP contribution in [0.4, 0.5) is 13.2 Å². The Morgan fingerprint density at radius 3 is 2.28 bits per heavy atom. The van der Waals surface area contributed by atoms with Crippen LogP contribution in [0.15, 0.2) is 46.0 Å². The number of nitrogens with one attached hydrogen (secondary N) is 1. The van der Waals surface area contributed by atoms with Crippen LogP contribution in [0.5, 0.6) is 0 Å². The van der Waals surface area contributed by atoms with Crippen LogP contribution < -0.4 is 4.72 Å². The van der Waals surface area contributed by atoms with Crippen LogP contribution in [0, 0.1) is 0 Å². The number of carbonyl (C=O) groups is 1. The molecule has 0 bridgehead atoms. The quantitative estimate of drug-likeness (QED) is 0.739. The third-order valence-corrected chi connectivity index (χ3v) is 6.80. The molecule has 0 unspecified atom stereocenters. The Morgan fingerprint density at radius 1 is 1.07 bits per heavy atom. The van der Waals surface area contributed by atoms with Crippen LogP contribution in [0.3, 0.4) is 0 Å². The van der Waals surface area contributed by atoms with Crippen molar-refractivity contribution in [1.82, 2.24) is 14.5 Å². The second kappa shape index (κ2) is 8.82. The van der Waals surface area contributed by atoms with E-state index in [1.165, 1.54) is 11.3 Å². The van der Waals surface area contributed by atoms with E-state index in [0.29, 0.717) is 38.3 Å². The number of piperazine rings is 1. The minimum absolute atomic E-state index is 0.00564. The van der Waals surface area contributed by atoms with Gasteiger partial charge < -0.3 is 4.90 Å². The van der Waals surface area contributed by atoms with Crippen LogP contribution in [0.1, 0.15) is 15.9 Å². The molecule has 1 fully saturated rings. The molecule has 0 aliphatic carbocycles. The maximum atomic E-state index is 12.6. The molecule has 1 aromatic heterocycles. The second-order valence-corrected chi connectivity index (χ2v) is 9.11. The van der Waals surface area contributed by atoms with Gasteiger partial charge in [0.1, 0.15) is 0 Å². The Kier molecular flexibility index (Phi) is 6.62. The molecule has 0 saturated carbocycles. The lowest BCUT2D eigenvalue weighted by atomic mass is 10.2. The summed E-state index contributed by atoms with van der Waals surface area (Å²) in [6, 6.07) is 5.17. The van der Waals surface area contributed by atoms with Crippen molar-refractivity contribution >= 4 is 27.3 Å². The highest BCUT2D eigenvalue weighted by atomic mass is 32.2. The van der Waals surface area contributed by atoms with E-state index in [1.54, 1.807) is 11.0 Å². The van der Waals surface area contributed by atoms with Gasteiger partial charge in [0, 0.05) is 44.6 Å². The van der Waals surface area contributed by atoms with Gasteiger partial charge in [0.05, 0.1) is 16.0 Å². The molecule has 1 aliphatic heterocycles. The maximum absolute atomic E-state index is 12.6. The number of nitrogens with zero attached hydrogens (tertiary/aromatic N) is 2. The molecule has 29 heavy (non-hydrogen) atoms. The van der Waals surface area contributed by atoms with Crippen molar-refractivity contribution in [2.24, 2.45) is 0 Å². The fourth-order valence-electron chi connectivity index (χ4n) is 2.99. The molecule has 0 atom stereocenters. The third kappa shape index (κ3) is 5.56. The SMILES string of the molecule is O=C(c1ccsc1)N1CCN(CCNS(=O)(=O)c2ccc(C(F)(F)F)cc2)CC1. The van der Waals surface area contributed by atoms with E-state index in [2.05, 4.69) is 4.72 Å². The molecule has 6 nitrogen and oxygen atoms in total. The zero-order valence-corrected chi connectivity index (χ0v) is 17.0. The largest absolute Gasteiger partial charge is 0.416 e. The molecule has 1 N–H and O–H groups in total.